The smallest absolute Gasteiger partial charge is 0.110 e. The summed E-state index contributed by atoms with van der Waals surface area (Å²) in [6.45, 7) is 10.3. The van der Waals surface area contributed by atoms with E-state index in [4.69, 9.17) is 0 Å². The number of halogens is 1. The predicted octanol–water partition coefficient (Wildman–Crippen LogP) is 2.85. The highest BCUT2D eigenvalue weighted by Gasteiger charge is 2.31. The molecule has 13 heavy (non-hydrogen) atoms. The van der Waals surface area contributed by atoms with Gasteiger partial charge in [0.25, 0.3) is 0 Å². The van der Waals surface area contributed by atoms with Crippen LogP contribution >= 0.6 is 0 Å². The number of likely N-dealkylation sites (tertiary alicyclic amines) is 1. The third-order valence-electron chi connectivity index (χ3n) is 3.38. The van der Waals surface area contributed by atoms with Crippen molar-refractivity contribution in [2.75, 3.05) is 13.1 Å². The van der Waals surface area contributed by atoms with Crippen molar-refractivity contribution >= 4 is 0 Å². The Balaban J connectivity index is 2.41. The Morgan fingerprint density at radius 1 is 1.15 bits per heavy atom. The quantitative estimate of drug-likeness (QED) is 0.642. The van der Waals surface area contributed by atoms with E-state index in [2.05, 4.69) is 25.7 Å². The lowest BCUT2D eigenvalue weighted by Crippen LogP contribution is -2.46. The Bertz CT molecular complexity index is 155. The molecule has 0 radical (unpaired) electrons. The van der Waals surface area contributed by atoms with E-state index in [-0.39, 0.29) is 0 Å². The van der Waals surface area contributed by atoms with E-state index in [1.54, 1.807) is 6.92 Å². The molecule has 1 atom stereocenters. The number of hydrogen-bond donors (Lipinski definition) is 0. The van der Waals surface area contributed by atoms with Gasteiger partial charge in [0.2, 0.25) is 0 Å². The van der Waals surface area contributed by atoms with E-state index in [0.717, 1.165) is 13.1 Å². The van der Waals surface area contributed by atoms with Gasteiger partial charge in [-0.05, 0) is 32.6 Å². The van der Waals surface area contributed by atoms with Crippen LogP contribution < -0.4 is 0 Å². The van der Waals surface area contributed by atoms with Gasteiger partial charge in [-0.15, -0.1) is 0 Å². The summed E-state index contributed by atoms with van der Waals surface area (Å²) in [6, 6.07) is 0.594. The van der Waals surface area contributed by atoms with E-state index < -0.39 is 5.67 Å². The maximum absolute atomic E-state index is 13.5. The van der Waals surface area contributed by atoms with Gasteiger partial charge in [-0.25, -0.2) is 4.39 Å². The summed E-state index contributed by atoms with van der Waals surface area (Å²) in [5.41, 5.74) is -0.910. The molecule has 1 nitrogen and oxygen atoms in total. The average molecular weight is 187 g/mol. The van der Waals surface area contributed by atoms with Crippen molar-refractivity contribution in [2.45, 2.75) is 52.2 Å². The highest BCUT2D eigenvalue weighted by molar-refractivity contribution is 4.84. The predicted molar refractivity (Wildman–Crippen MR) is 54.6 cm³/mol. The summed E-state index contributed by atoms with van der Waals surface area (Å²) >= 11 is 0. The molecular formula is C11H22FN. The molecule has 78 valence electrons. The van der Waals surface area contributed by atoms with Crippen LogP contribution in [0.4, 0.5) is 4.39 Å². The van der Waals surface area contributed by atoms with Crippen LogP contribution in [-0.2, 0) is 0 Å². The van der Waals surface area contributed by atoms with Crippen LogP contribution in [0.5, 0.6) is 0 Å². The number of piperidine rings is 1. The molecule has 0 aromatic carbocycles. The fraction of sp³-hybridized carbons (Fsp3) is 1.00. The molecule has 0 amide bonds. The standard InChI is InChI=1S/C11H22FN/c1-9(2)10(3)13-7-5-11(4,12)6-8-13/h9-10H,5-8H2,1-4H3/t10-/m1/s1. The lowest BCUT2D eigenvalue weighted by atomic mass is 9.93. The summed E-state index contributed by atoms with van der Waals surface area (Å²) in [6.07, 6.45) is 1.40. The van der Waals surface area contributed by atoms with E-state index in [0.29, 0.717) is 24.8 Å². The molecule has 0 N–H and O–H groups in total. The molecule has 1 fully saturated rings. The Hall–Kier alpha value is -0.110. The number of rotatable bonds is 2. The first-order valence-corrected chi connectivity index (χ1v) is 5.35. The maximum atomic E-state index is 13.5. The van der Waals surface area contributed by atoms with Gasteiger partial charge in [0, 0.05) is 19.1 Å². The van der Waals surface area contributed by atoms with Crippen molar-refractivity contribution in [2.24, 2.45) is 5.92 Å². The van der Waals surface area contributed by atoms with Crippen LogP contribution in [0.15, 0.2) is 0 Å². The molecule has 1 heterocycles. The summed E-state index contributed by atoms with van der Waals surface area (Å²) in [4.78, 5) is 2.41. The van der Waals surface area contributed by atoms with Gasteiger partial charge >= 0.3 is 0 Å². The fourth-order valence-corrected chi connectivity index (χ4v) is 1.82. The van der Waals surface area contributed by atoms with Crippen molar-refractivity contribution in [3.8, 4) is 0 Å². The first kappa shape index (κ1) is 11.0. The SMILES string of the molecule is CC(C)[C@@H](C)N1CCC(C)(F)CC1. The Labute approximate surface area is 81.3 Å². The highest BCUT2D eigenvalue weighted by Crippen LogP contribution is 2.27. The maximum Gasteiger partial charge on any atom is 0.110 e. The Morgan fingerprint density at radius 3 is 2.00 bits per heavy atom. The second-order valence-electron chi connectivity index (χ2n) is 4.93. The first-order valence-electron chi connectivity index (χ1n) is 5.35. The summed E-state index contributed by atoms with van der Waals surface area (Å²) in [7, 11) is 0. The van der Waals surface area contributed by atoms with Crippen LogP contribution in [0.1, 0.15) is 40.5 Å². The molecule has 2 heteroatoms. The average Bonchev–Trinajstić information content (AvgIpc) is 2.03. The van der Waals surface area contributed by atoms with Gasteiger partial charge in [0.1, 0.15) is 5.67 Å². The third-order valence-corrected chi connectivity index (χ3v) is 3.38. The Kier molecular flexibility index (Phi) is 3.33. The van der Waals surface area contributed by atoms with Gasteiger partial charge in [0.15, 0.2) is 0 Å². The molecule has 1 aliphatic heterocycles. The van der Waals surface area contributed by atoms with Gasteiger partial charge < -0.3 is 4.90 Å². The lowest BCUT2D eigenvalue weighted by molar-refractivity contribution is 0.0440. The minimum atomic E-state index is -0.910. The summed E-state index contributed by atoms with van der Waals surface area (Å²) < 4.78 is 13.5. The molecule has 0 aromatic rings. The Morgan fingerprint density at radius 2 is 1.62 bits per heavy atom. The molecule has 0 saturated carbocycles. The van der Waals surface area contributed by atoms with Crippen LogP contribution in [-0.4, -0.2) is 29.7 Å². The molecule has 1 aliphatic rings. The van der Waals surface area contributed by atoms with Gasteiger partial charge in [0.05, 0.1) is 0 Å². The van der Waals surface area contributed by atoms with Crippen LogP contribution in [0.25, 0.3) is 0 Å². The third kappa shape index (κ3) is 2.94. The molecule has 0 aromatic heterocycles. The zero-order valence-corrected chi connectivity index (χ0v) is 9.31. The second-order valence-corrected chi connectivity index (χ2v) is 4.93. The largest absolute Gasteiger partial charge is 0.300 e. The zero-order valence-electron chi connectivity index (χ0n) is 9.31. The molecular weight excluding hydrogens is 165 g/mol. The van der Waals surface area contributed by atoms with Crippen molar-refractivity contribution in [3.63, 3.8) is 0 Å². The van der Waals surface area contributed by atoms with Crippen molar-refractivity contribution in [3.05, 3.63) is 0 Å². The topological polar surface area (TPSA) is 3.24 Å². The minimum absolute atomic E-state index is 0.594. The highest BCUT2D eigenvalue weighted by atomic mass is 19.1. The molecule has 0 unspecified atom stereocenters. The number of hydrogen-bond acceptors (Lipinski definition) is 1. The normalized spacial score (nSPS) is 26.3. The van der Waals surface area contributed by atoms with E-state index in [9.17, 15) is 4.39 Å². The summed E-state index contributed by atoms with van der Waals surface area (Å²) in [5.74, 6) is 0.670. The van der Waals surface area contributed by atoms with E-state index in [1.807, 2.05) is 0 Å². The lowest BCUT2D eigenvalue weighted by Gasteiger charge is -2.39. The van der Waals surface area contributed by atoms with Gasteiger partial charge in [-0.1, -0.05) is 13.8 Å². The second kappa shape index (κ2) is 3.95. The van der Waals surface area contributed by atoms with Crippen LogP contribution in [0.3, 0.4) is 0 Å². The van der Waals surface area contributed by atoms with Crippen molar-refractivity contribution < 1.29 is 4.39 Å². The number of alkyl halides is 1. The zero-order chi connectivity index (χ0) is 10.1. The van der Waals surface area contributed by atoms with Crippen molar-refractivity contribution in [1.29, 1.82) is 0 Å². The molecule has 0 bridgehead atoms. The van der Waals surface area contributed by atoms with Crippen LogP contribution in [0.2, 0.25) is 0 Å². The minimum Gasteiger partial charge on any atom is -0.300 e. The van der Waals surface area contributed by atoms with Gasteiger partial charge in [-0.2, -0.15) is 0 Å². The van der Waals surface area contributed by atoms with Crippen molar-refractivity contribution in [1.82, 2.24) is 4.90 Å². The first-order chi connectivity index (χ1) is 5.92. The van der Waals surface area contributed by atoms with E-state index in [1.165, 1.54) is 0 Å². The van der Waals surface area contributed by atoms with E-state index >= 15 is 0 Å². The molecule has 0 spiro atoms. The van der Waals surface area contributed by atoms with Gasteiger partial charge in [-0.3, -0.25) is 0 Å². The van der Waals surface area contributed by atoms with Crippen LogP contribution in [0, 0.1) is 5.92 Å². The molecule has 1 saturated heterocycles. The number of nitrogens with zero attached hydrogens (tertiary/aromatic N) is 1. The molecule has 1 rings (SSSR count). The summed E-state index contributed by atoms with van der Waals surface area (Å²) in [5, 5.41) is 0. The molecule has 0 aliphatic carbocycles. The monoisotopic (exact) mass is 187 g/mol. The fourth-order valence-electron chi connectivity index (χ4n) is 1.82.